The lowest BCUT2D eigenvalue weighted by Gasteiger charge is -2.35. The Morgan fingerprint density at radius 1 is 1.29 bits per heavy atom. The minimum atomic E-state index is -0.721. The summed E-state index contributed by atoms with van der Waals surface area (Å²) >= 11 is 0. The van der Waals surface area contributed by atoms with Crippen molar-refractivity contribution in [2.24, 2.45) is 11.3 Å². The summed E-state index contributed by atoms with van der Waals surface area (Å²) in [7, 11) is 0. The van der Waals surface area contributed by atoms with Gasteiger partial charge >= 0.3 is 0 Å². The number of carbonyl (C=O) groups excluding carboxylic acids is 1. The van der Waals surface area contributed by atoms with Crippen LogP contribution in [0.4, 0.5) is 5.69 Å². The Bertz CT molecular complexity index is 1120. The van der Waals surface area contributed by atoms with Crippen molar-refractivity contribution in [1.82, 2.24) is 15.4 Å². The molecule has 1 aromatic carbocycles. The summed E-state index contributed by atoms with van der Waals surface area (Å²) in [6.45, 7) is 0. The summed E-state index contributed by atoms with van der Waals surface area (Å²) < 4.78 is 0. The number of amides is 1. The third kappa shape index (κ3) is 2.01. The summed E-state index contributed by atoms with van der Waals surface area (Å²) in [5.41, 5.74) is 6.47. The molecule has 1 saturated heterocycles. The fourth-order valence-electron chi connectivity index (χ4n) is 5.31. The quantitative estimate of drug-likeness (QED) is 0.653. The van der Waals surface area contributed by atoms with Crippen LogP contribution in [0.2, 0.25) is 0 Å². The summed E-state index contributed by atoms with van der Waals surface area (Å²) in [5.74, 6) is 1.06. The molecule has 3 aliphatic rings. The number of hydroxylamine groups is 1. The van der Waals surface area contributed by atoms with Gasteiger partial charge in [0, 0.05) is 29.8 Å². The normalized spacial score (nSPS) is 27.9. The molecule has 3 unspecified atom stereocenters. The van der Waals surface area contributed by atoms with Gasteiger partial charge in [0.2, 0.25) is 5.91 Å². The lowest BCUT2D eigenvalue weighted by Crippen LogP contribution is -2.45. The standard InChI is InChI=1S/C22H20N4O2/c27-21(25-17-6-4-13-7-9-24-18(13)11-17)22-16-5-3-14(10-16)20(22)28-26-19(22)15-2-1-8-23-12-15/h1-2,4,6-9,11-12,16,19,24,26H,3,5,10H2,(H,25,27). The molecule has 6 heteroatoms. The molecule has 0 radical (unpaired) electrons. The highest BCUT2D eigenvalue weighted by atomic mass is 16.7. The highest BCUT2D eigenvalue weighted by Gasteiger charge is 2.66. The molecule has 3 atom stereocenters. The Labute approximate surface area is 162 Å². The fraction of sp³-hybridized carbons (Fsp3) is 0.273. The average Bonchev–Trinajstić information content (AvgIpc) is 3.48. The molecule has 1 saturated carbocycles. The Morgan fingerprint density at radius 2 is 2.25 bits per heavy atom. The van der Waals surface area contributed by atoms with Gasteiger partial charge in [-0.05, 0) is 66.0 Å². The van der Waals surface area contributed by atoms with Gasteiger partial charge in [-0.25, -0.2) is 0 Å². The second-order valence-electron chi connectivity index (χ2n) is 7.91. The van der Waals surface area contributed by atoms with Crippen LogP contribution in [-0.2, 0) is 9.63 Å². The molecular formula is C22H20N4O2. The molecule has 2 aromatic heterocycles. The van der Waals surface area contributed by atoms with E-state index < -0.39 is 5.41 Å². The van der Waals surface area contributed by atoms with Crippen molar-refractivity contribution in [3.63, 3.8) is 0 Å². The number of benzene rings is 1. The number of hydrogen-bond donors (Lipinski definition) is 3. The molecule has 28 heavy (non-hydrogen) atoms. The van der Waals surface area contributed by atoms with Crippen molar-refractivity contribution in [3.05, 3.63) is 71.9 Å². The second-order valence-corrected chi connectivity index (χ2v) is 7.91. The van der Waals surface area contributed by atoms with Crippen LogP contribution in [0.5, 0.6) is 0 Å². The largest absolute Gasteiger partial charge is 0.411 e. The van der Waals surface area contributed by atoms with Gasteiger partial charge in [-0.15, -0.1) is 5.48 Å². The van der Waals surface area contributed by atoms with Gasteiger partial charge in [-0.1, -0.05) is 12.1 Å². The van der Waals surface area contributed by atoms with Gasteiger partial charge in [0.05, 0.1) is 6.04 Å². The van der Waals surface area contributed by atoms with Gasteiger partial charge in [0.25, 0.3) is 0 Å². The molecule has 6 rings (SSSR count). The van der Waals surface area contributed by atoms with Crippen LogP contribution >= 0.6 is 0 Å². The molecule has 2 fully saturated rings. The Morgan fingerprint density at radius 3 is 3.14 bits per heavy atom. The van der Waals surface area contributed by atoms with Crippen molar-refractivity contribution in [2.75, 3.05) is 5.32 Å². The van der Waals surface area contributed by atoms with Crippen LogP contribution in [0.15, 0.2) is 66.3 Å². The van der Waals surface area contributed by atoms with Crippen LogP contribution in [0.3, 0.4) is 0 Å². The van der Waals surface area contributed by atoms with Crippen molar-refractivity contribution in [2.45, 2.75) is 25.3 Å². The molecular weight excluding hydrogens is 352 g/mol. The first-order chi connectivity index (χ1) is 13.8. The van der Waals surface area contributed by atoms with Crippen LogP contribution in [0.25, 0.3) is 10.9 Å². The van der Waals surface area contributed by atoms with Crippen molar-refractivity contribution in [1.29, 1.82) is 0 Å². The van der Waals surface area contributed by atoms with Crippen molar-refractivity contribution in [3.8, 4) is 0 Å². The second kappa shape index (κ2) is 5.69. The van der Waals surface area contributed by atoms with E-state index >= 15 is 0 Å². The van der Waals surface area contributed by atoms with Gasteiger partial charge < -0.3 is 15.1 Å². The molecule has 3 aromatic rings. The number of aromatic amines is 1. The van der Waals surface area contributed by atoms with Gasteiger partial charge in [0.15, 0.2) is 0 Å². The van der Waals surface area contributed by atoms with E-state index in [0.29, 0.717) is 0 Å². The highest BCUT2D eigenvalue weighted by molar-refractivity contribution is 6.00. The van der Waals surface area contributed by atoms with E-state index in [1.165, 1.54) is 5.57 Å². The number of rotatable bonds is 3. The summed E-state index contributed by atoms with van der Waals surface area (Å²) in [4.78, 5) is 27.2. The maximum Gasteiger partial charge on any atom is 0.240 e. The van der Waals surface area contributed by atoms with E-state index in [1.54, 1.807) is 6.20 Å². The maximum absolute atomic E-state index is 13.8. The Kier molecular flexibility index (Phi) is 3.23. The zero-order valence-corrected chi connectivity index (χ0v) is 15.2. The zero-order valence-electron chi connectivity index (χ0n) is 15.2. The fourth-order valence-corrected chi connectivity index (χ4v) is 5.31. The molecule has 1 aliphatic heterocycles. The number of allylic oxidation sites excluding steroid dienone is 1. The molecule has 140 valence electrons. The molecule has 1 amide bonds. The van der Waals surface area contributed by atoms with Gasteiger partial charge in [-0.3, -0.25) is 9.78 Å². The van der Waals surface area contributed by atoms with Crippen LogP contribution in [0.1, 0.15) is 30.9 Å². The molecule has 6 nitrogen and oxygen atoms in total. The number of anilines is 1. The van der Waals surface area contributed by atoms with E-state index in [2.05, 4.69) is 20.8 Å². The number of aromatic nitrogens is 2. The monoisotopic (exact) mass is 372 g/mol. The number of hydrogen-bond acceptors (Lipinski definition) is 4. The summed E-state index contributed by atoms with van der Waals surface area (Å²) in [5, 5.41) is 4.30. The van der Waals surface area contributed by atoms with E-state index in [4.69, 9.17) is 4.84 Å². The van der Waals surface area contributed by atoms with Crippen LogP contribution in [-0.4, -0.2) is 15.9 Å². The predicted octanol–water partition coefficient (Wildman–Crippen LogP) is 3.83. The number of pyridine rings is 1. The minimum Gasteiger partial charge on any atom is -0.411 e. The van der Waals surface area contributed by atoms with E-state index in [-0.39, 0.29) is 17.9 Å². The number of fused-ring (bicyclic) bond motifs is 5. The van der Waals surface area contributed by atoms with Gasteiger partial charge in [0.1, 0.15) is 11.2 Å². The molecule has 2 bridgehead atoms. The third-order valence-electron chi connectivity index (χ3n) is 6.57. The SMILES string of the molecule is O=C(Nc1ccc2cc[nH]c2c1)C12C(=C3CCC1C3)ONC2c1cccnc1. The maximum atomic E-state index is 13.8. The lowest BCUT2D eigenvalue weighted by atomic mass is 9.67. The van der Waals surface area contributed by atoms with E-state index in [1.807, 2.05) is 48.8 Å². The van der Waals surface area contributed by atoms with Crippen LogP contribution in [0, 0.1) is 11.3 Å². The zero-order chi connectivity index (χ0) is 18.7. The molecule has 3 N–H and O–H groups in total. The highest BCUT2D eigenvalue weighted by Crippen LogP contribution is 2.64. The summed E-state index contributed by atoms with van der Waals surface area (Å²) in [6.07, 6.45) is 8.45. The van der Waals surface area contributed by atoms with E-state index in [9.17, 15) is 4.79 Å². The Hall–Kier alpha value is -3.12. The predicted molar refractivity (Wildman–Crippen MR) is 105 cm³/mol. The number of carbonyl (C=O) groups is 1. The lowest BCUT2D eigenvalue weighted by molar-refractivity contribution is -0.127. The topological polar surface area (TPSA) is 79.0 Å². The smallest absolute Gasteiger partial charge is 0.240 e. The molecule has 0 spiro atoms. The summed E-state index contributed by atoms with van der Waals surface area (Å²) in [6, 6.07) is 11.6. The minimum absolute atomic E-state index is 0.00745. The van der Waals surface area contributed by atoms with Crippen molar-refractivity contribution < 1.29 is 9.63 Å². The molecule has 2 aliphatic carbocycles. The van der Waals surface area contributed by atoms with Gasteiger partial charge in [-0.2, -0.15) is 0 Å². The average molecular weight is 372 g/mol. The number of H-pyrrole nitrogens is 1. The van der Waals surface area contributed by atoms with E-state index in [0.717, 1.165) is 47.2 Å². The van der Waals surface area contributed by atoms with Crippen molar-refractivity contribution >= 4 is 22.5 Å². The first kappa shape index (κ1) is 15.9. The molecule has 3 heterocycles. The first-order valence-electron chi connectivity index (χ1n) is 9.70. The third-order valence-corrected chi connectivity index (χ3v) is 6.57. The number of nitrogens with zero attached hydrogens (tertiary/aromatic N) is 1. The Balaban J connectivity index is 1.43. The van der Waals surface area contributed by atoms with Crippen LogP contribution < -0.4 is 10.8 Å². The first-order valence-corrected chi connectivity index (χ1v) is 9.70. The number of nitrogens with one attached hydrogen (secondary N) is 3.